The van der Waals surface area contributed by atoms with Gasteiger partial charge >= 0.3 is 5.97 Å². The minimum atomic E-state index is -4.54. The summed E-state index contributed by atoms with van der Waals surface area (Å²) in [7, 11) is 1.32. The highest BCUT2D eigenvalue weighted by Crippen LogP contribution is 2.38. The number of hydrogen-bond donors (Lipinski definition) is 0. The summed E-state index contributed by atoms with van der Waals surface area (Å²) in [4.78, 5) is 25.0. The van der Waals surface area contributed by atoms with Crippen LogP contribution in [0.2, 0.25) is 0 Å². The molecule has 0 aliphatic carbocycles. The summed E-state index contributed by atoms with van der Waals surface area (Å²) in [6, 6.07) is 0. The van der Waals surface area contributed by atoms with Gasteiger partial charge in [-0.15, -0.1) is 0 Å². The van der Waals surface area contributed by atoms with Crippen LogP contribution in [0.25, 0.3) is 0 Å². The van der Waals surface area contributed by atoms with Crippen LogP contribution in [0.15, 0.2) is 36.6 Å². The van der Waals surface area contributed by atoms with Crippen molar-refractivity contribution >= 4 is 13.8 Å². The summed E-state index contributed by atoms with van der Waals surface area (Å²) in [5, 5.41) is 0. The maximum atomic E-state index is 12.7. The molecule has 0 saturated heterocycles. The van der Waals surface area contributed by atoms with Gasteiger partial charge in [-0.2, -0.15) is 0 Å². The van der Waals surface area contributed by atoms with Crippen LogP contribution in [0.4, 0.5) is 0 Å². The second-order valence-electron chi connectivity index (χ2n) is 16.5. The van der Waals surface area contributed by atoms with E-state index in [1.807, 2.05) is 27.2 Å². The minimum absolute atomic E-state index is 0.0140. The van der Waals surface area contributed by atoms with E-state index in [1.54, 1.807) is 6.26 Å². The van der Waals surface area contributed by atoms with E-state index in [9.17, 15) is 14.3 Å². The fourth-order valence-corrected chi connectivity index (χ4v) is 6.92. The molecule has 0 aromatic rings. The molecule has 9 heteroatoms. The summed E-state index contributed by atoms with van der Waals surface area (Å²) in [6.07, 6.45) is 46.8. The molecule has 0 saturated carbocycles. The van der Waals surface area contributed by atoms with Gasteiger partial charge in [-0.05, 0) is 57.4 Å². The number of ether oxygens (including phenoxy) is 2. The Labute approximate surface area is 340 Å². The van der Waals surface area contributed by atoms with Crippen LogP contribution >= 0.6 is 7.82 Å². The van der Waals surface area contributed by atoms with E-state index in [-0.39, 0.29) is 32.2 Å². The number of hydrogen-bond acceptors (Lipinski definition) is 7. The largest absolute Gasteiger partial charge is 0.756 e. The van der Waals surface area contributed by atoms with E-state index in [0.717, 1.165) is 57.8 Å². The van der Waals surface area contributed by atoms with Crippen LogP contribution in [0, 0.1) is 0 Å². The minimum Gasteiger partial charge on any atom is -0.756 e. The highest BCUT2D eigenvalue weighted by molar-refractivity contribution is 7.45. The Bertz CT molecular complexity index is 978. The first kappa shape index (κ1) is 53.6. The third-order valence-electron chi connectivity index (χ3n) is 9.76. The molecular formula is C46H88NO7P. The smallest absolute Gasteiger partial charge is 0.306 e. The molecule has 0 aliphatic heterocycles. The third-order valence-corrected chi connectivity index (χ3v) is 10.7. The highest BCUT2D eigenvalue weighted by Gasteiger charge is 2.20. The summed E-state index contributed by atoms with van der Waals surface area (Å²) in [5.74, 6) is -0.369. The summed E-state index contributed by atoms with van der Waals surface area (Å²) >= 11 is 0. The van der Waals surface area contributed by atoms with Gasteiger partial charge in [-0.1, -0.05) is 167 Å². The maximum absolute atomic E-state index is 12.7. The summed E-state index contributed by atoms with van der Waals surface area (Å²) in [6.45, 7) is 4.71. The number of rotatable bonds is 42. The van der Waals surface area contributed by atoms with Crippen molar-refractivity contribution in [3.63, 3.8) is 0 Å². The number of likely N-dealkylation sites (N-methyl/N-ethyl adjacent to an activating group) is 1. The molecule has 0 bridgehead atoms. The SMILES string of the molecule is CCCCC/C=C/C/C=C/CCCCCCCC(=O)O[C@H](CO/C=C/CCCCCCCCCCCCCCCCCC)COP(=O)([O-])OCC[N+](C)(C)C. The van der Waals surface area contributed by atoms with Crippen molar-refractivity contribution in [2.24, 2.45) is 0 Å². The number of phosphoric ester groups is 1. The number of phosphoric acid groups is 1. The molecule has 55 heavy (non-hydrogen) atoms. The van der Waals surface area contributed by atoms with Crippen LogP contribution in [0.3, 0.4) is 0 Å². The van der Waals surface area contributed by atoms with Gasteiger partial charge in [0.05, 0.1) is 34.0 Å². The van der Waals surface area contributed by atoms with Gasteiger partial charge in [-0.25, -0.2) is 0 Å². The number of nitrogens with zero attached hydrogens (tertiary/aromatic N) is 1. The Kier molecular flexibility index (Phi) is 38.4. The topological polar surface area (TPSA) is 94.1 Å². The number of quaternary nitrogens is 1. The van der Waals surface area contributed by atoms with E-state index in [4.69, 9.17) is 18.5 Å². The molecule has 0 amide bonds. The van der Waals surface area contributed by atoms with Crippen molar-refractivity contribution in [1.29, 1.82) is 0 Å². The van der Waals surface area contributed by atoms with Crippen LogP contribution < -0.4 is 4.89 Å². The zero-order chi connectivity index (χ0) is 40.6. The van der Waals surface area contributed by atoms with Crippen molar-refractivity contribution in [3.05, 3.63) is 36.6 Å². The van der Waals surface area contributed by atoms with Crippen LogP contribution in [-0.4, -0.2) is 64.1 Å². The van der Waals surface area contributed by atoms with E-state index >= 15 is 0 Å². The molecule has 8 nitrogen and oxygen atoms in total. The summed E-state index contributed by atoms with van der Waals surface area (Å²) in [5.41, 5.74) is 0. The molecule has 2 atom stereocenters. The lowest BCUT2D eigenvalue weighted by Crippen LogP contribution is -2.37. The number of carbonyl (C=O) groups excluding carboxylic acids is 1. The van der Waals surface area contributed by atoms with Gasteiger partial charge in [0.2, 0.25) is 0 Å². The normalized spacial score (nSPS) is 14.0. The molecule has 324 valence electrons. The van der Waals surface area contributed by atoms with E-state index in [0.29, 0.717) is 11.0 Å². The lowest BCUT2D eigenvalue weighted by molar-refractivity contribution is -0.870. The molecule has 0 rings (SSSR count). The number of esters is 1. The molecule has 0 heterocycles. The van der Waals surface area contributed by atoms with E-state index in [2.05, 4.69) is 38.2 Å². The second kappa shape index (κ2) is 39.4. The lowest BCUT2D eigenvalue weighted by Gasteiger charge is -2.28. The average molecular weight is 798 g/mol. The van der Waals surface area contributed by atoms with Crippen molar-refractivity contribution in [1.82, 2.24) is 0 Å². The number of carbonyl (C=O) groups is 1. The summed E-state index contributed by atoms with van der Waals surface area (Å²) < 4.78 is 34.3. The second-order valence-corrected chi connectivity index (χ2v) is 17.9. The predicted molar refractivity (Wildman–Crippen MR) is 231 cm³/mol. The van der Waals surface area contributed by atoms with E-state index < -0.39 is 13.9 Å². The van der Waals surface area contributed by atoms with Crippen molar-refractivity contribution in [3.8, 4) is 0 Å². The van der Waals surface area contributed by atoms with Crippen LogP contribution in [0.5, 0.6) is 0 Å². The fraction of sp³-hybridized carbons (Fsp3) is 0.848. The fourth-order valence-electron chi connectivity index (χ4n) is 6.19. The average Bonchev–Trinajstić information content (AvgIpc) is 3.13. The molecule has 0 aliphatic rings. The molecule has 0 radical (unpaired) electrons. The molecule has 0 fully saturated rings. The Balaban J connectivity index is 4.27. The quantitative estimate of drug-likeness (QED) is 0.0152. The molecular weight excluding hydrogens is 709 g/mol. The molecule has 0 spiro atoms. The molecule has 0 aromatic heterocycles. The van der Waals surface area contributed by atoms with Crippen molar-refractivity contribution in [2.45, 2.75) is 206 Å². The van der Waals surface area contributed by atoms with Gasteiger partial charge in [0.1, 0.15) is 19.8 Å². The Morgan fingerprint density at radius 2 is 1.02 bits per heavy atom. The first-order valence-corrected chi connectivity index (χ1v) is 24.2. The molecule has 0 aromatic carbocycles. The van der Waals surface area contributed by atoms with Gasteiger partial charge in [0.15, 0.2) is 6.10 Å². The van der Waals surface area contributed by atoms with Crippen molar-refractivity contribution < 1.29 is 37.3 Å². The Hall–Kier alpha value is -1.44. The number of unbranched alkanes of at least 4 members (excludes halogenated alkanes) is 24. The predicted octanol–water partition coefficient (Wildman–Crippen LogP) is 13.1. The van der Waals surface area contributed by atoms with Gasteiger partial charge in [0.25, 0.3) is 7.82 Å². The standard InChI is InChI=1S/C46H88NO7P/c1-6-8-10-12-14-16-18-20-22-23-24-26-28-30-32-34-36-38-41-51-43-45(44-53-55(49,50)52-42-40-47(3,4)5)54-46(48)39-37-35-33-31-29-27-25-21-19-17-15-13-11-9-7-2/h15,17,21,25,38,41,45H,6-14,16,18-20,22-24,26-37,39-40,42-44H2,1-5H3/b17-15+,25-21+,41-38+/t45-/m1/s1. The van der Waals surface area contributed by atoms with Gasteiger partial charge in [-0.3, -0.25) is 9.36 Å². The van der Waals surface area contributed by atoms with E-state index in [1.165, 1.54) is 122 Å². The zero-order valence-corrected chi connectivity index (χ0v) is 37.5. The first-order valence-electron chi connectivity index (χ1n) is 22.8. The monoisotopic (exact) mass is 798 g/mol. The third kappa shape index (κ3) is 43.5. The van der Waals surface area contributed by atoms with Crippen LogP contribution in [0.1, 0.15) is 200 Å². The van der Waals surface area contributed by atoms with Crippen LogP contribution in [-0.2, 0) is 27.9 Å². The zero-order valence-electron chi connectivity index (χ0n) is 36.6. The number of allylic oxidation sites excluding steroid dienone is 5. The lowest BCUT2D eigenvalue weighted by atomic mass is 10.0. The Morgan fingerprint density at radius 3 is 1.53 bits per heavy atom. The molecule has 0 N–H and O–H groups in total. The van der Waals surface area contributed by atoms with Gasteiger partial charge in [0, 0.05) is 6.42 Å². The van der Waals surface area contributed by atoms with Gasteiger partial charge < -0.3 is 27.9 Å². The highest BCUT2D eigenvalue weighted by atomic mass is 31.2. The Morgan fingerprint density at radius 1 is 0.582 bits per heavy atom. The first-order chi connectivity index (χ1) is 26.6. The molecule has 1 unspecified atom stereocenters. The van der Waals surface area contributed by atoms with Crippen molar-refractivity contribution in [2.75, 3.05) is 47.5 Å². The maximum Gasteiger partial charge on any atom is 0.306 e.